The third kappa shape index (κ3) is 11.1. The van der Waals surface area contributed by atoms with Gasteiger partial charge in [-0.05, 0) is 29.5 Å². The van der Waals surface area contributed by atoms with Crippen LogP contribution in [0.15, 0.2) is 91.0 Å². The molecule has 64 heavy (non-hydrogen) atoms. The minimum Gasteiger partial charge on any atom is -0.395 e. The standard InChI is InChI=1S/C44H45BF10O7S2/c46-34-32(35(47)39(51)42(54)38(34)50)27-63(23-18-56,24-19-57)61-45(62-64(25-20-58,26-21-59)28-33-36(48)40(52)43(55)41(53)37(33)49)60-22-10-17-44(29-11-4-1-5-12-29,30-13-6-2-7-14-30)31-15-8-3-9-16-31/h1-9,11-16,56-59H,10,17-28H2. The summed E-state index contributed by atoms with van der Waals surface area (Å²) < 4.78 is 166. The van der Waals surface area contributed by atoms with Gasteiger partial charge in [0.2, 0.25) is 11.6 Å². The van der Waals surface area contributed by atoms with E-state index in [9.17, 15) is 46.8 Å². The van der Waals surface area contributed by atoms with Crippen LogP contribution in [0.5, 0.6) is 0 Å². The molecule has 0 aliphatic heterocycles. The molecule has 0 spiro atoms. The Morgan fingerprint density at radius 1 is 0.422 bits per heavy atom. The molecule has 20 heteroatoms. The van der Waals surface area contributed by atoms with Gasteiger partial charge in [0, 0.05) is 57.7 Å². The van der Waals surface area contributed by atoms with E-state index in [0.29, 0.717) is 0 Å². The van der Waals surface area contributed by atoms with Crippen LogP contribution in [0.25, 0.3) is 0 Å². The molecular weight excluding hydrogens is 905 g/mol. The van der Waals surface area contributed by atoms with Gasteiger partial charge >= 0.3 is 7.32 Å². The van der Waals surface area contributed by atoms with E-state index in [4.69, 9.17) is 12.9 Å². The van der Waals surface area contributed by atoms with Crippen LogP contribution >= 0.6 is 20.6 Å². The average Bonchev–Trinajstić information content (AvgIpc) is 3.30. The number of hydrogen-bond donors (Lipinski definition) is 4. The van der Waals surface area contributed by atoms with E-state index < -0.39 is 164 Å². The van der Waals surface area contributed by atoms with Crippen molar-refractivity contribution in [2.24, 2.45) is 0 Å². The van der Waals surface area contributed by atoms with E-state index in [2.05, 4.69) is 0 Å². The highest BCUT2D eigenvalue weighted by Crippen LogP contribution is 2.58. The number of benzene rings is 5. The summed E-state index contributed by atoms with van der Waals surface area (Å²) in [5, 5.41) is 40.8. The fourth-order valence-electron chi connectivity index (χ4n) is 7.52. The molecule has 348 valence electrons. The normalized spacial score (nSPS) is 12.8. The molecule has 0 radical (unpaired) electrons. The van der Waals surface area contributed by atoms with E-state index in [-0.39, 0.29) is 19.4 Å². The molecule has 0 saturated heterocycles. The summed E-state index contributed by atoms with van der Waals surface area (Å²) in [6, 6.07) is 28.2. The lowest BCUT2D eigenvalue weighted by molar-refractivity contribution is 0.203. The van der Waals surface area contributed by atoms with Crippen LogP contribution < -0.4 is 0 Å². The smallest absolute Gasteiger partial charge is 0.395 e. The summed E-state index contributed by atoms with van der Waals surface area (Å²) in [5.41, 5.74) is -1.01. The summed E-state index contributed by atoms with van der Waals surface area (Å²) in [5.74, 6) is -27.8. The fourth-order valence-corrected chi connectivity index (χ4v) is 12.8. The van der Waals surface area contributed by atoms with Crippen molar-refractivity contribution in [1.82, 2.24) is 0 Å². The molecule has 5 aromatic rings. The zero-order chi connectivity index (χ0) is 46.7. The second kappa shape index (κ2) is 22.9. The summed E-state index contributed by atoms with van der Waals surface area (Å²) in [6.45, 7) is -3.80. The number of hydrogen-bond acceptors (Lipinski definition) is 7. The van der Waals surface area contributed by atoms with Gasteiger partial charge in [0.1, 0.15) is 0 Å². The SMILES string of the molecule is OCCS(CCO)(Cc1c(F)c(F)c(F)c(F)c1F)OB(OCCCC(c1ccccc1)(c1ccccc1)c1ccccc1)OS(CCO)(CCO)Cc1c(F)c(F)c(F)c(F)c1F. The number of aliphatic hydroxyl groups excluding tert-OH is 4. The molecule has 0 aliphatic rings. The Morgan fingerprint density at radius 2 is 0.703 bits per heavy atom. The maximum atomic E-state index is 15.3. The molecular formula is C44H45BF10O7S2. The third-order valence-corrected chi connectivity index (χ3v) is 17.1. The average molecular weight is 951 g/mol. The van der Waals surface area contributed by atoms with Gasteiger partial charge in [-0.3, -0.25) is 0 Å². The second-order valence-corrected chi connectivity index (χ2v) is 20.9. The van der Waals surface area contributed by atoms with Crippen molar-refractivity contribution in [2.75, 3.05) is 56.0 Å². The minimum absolute atomic E-state index is 0.113. The predicted molar refractivity (Wildman–Crippen MR) is 225 cm³/mol. The van der Waals surface area contributed by atoms with Crippen LogP contribution in [0.1, 0.15) is 40.7 Å². The molecule has 0 atom stereocenters. The van der Waals surface area contributed by atoms with E-state index >= 15 is 17.6 Å². The Morgan fingerprint density at radius 3 is 0.984 bits per heavy atom. The second-order valence-electron chi connectivity index (χ2n) is 14.5. The van der Waals surface area contributed by atoms with Gasteiger partial charge in [-0.2, -0.15) is 0 Å². The Kier molecular flexibility index (Phi) is 18.2. The van der Waals surface area contributed by atoms with Crippen molar-refractivity contribution >= 4 is 27.9 Å². The first-order chi connectivity index (χ1) is 30.6. The highest BCUT2D eigenvalue weighted by Gasteiger charge is 2.43. The quantitative estimate of drug-likeness (QED) is 0.0122. The van der Waals surface area contributed by atoms with Crippen LogP contribution in [0.4, 0.5) is 43.9 Å². The Balaban J connectivity index is 1.62. The van der Waals surface area contributed by atoms with Crippen molar-refractivity contribution in [3.8, 4) is 0 Å². The van der Waals surface area contributed by atoms with Crippen LogP contribution in [0.2, 0.25) is 0 Å². The molecule has 4 N–H and O–H groups in total. The van der Waals surface area contributed by atoms with Crippen molar-refractivity contribution in [2.45, 2.75) is 29.8 Å². The van der Waals surface area contributed by atoms with E-state index in [1.807, 2.05) is 91.0 Å². The summed E-state index contributed by atoms with van der Waals surface area (Å²) in [6.07, 6.45) is 0.394. The molecule has 0 amide bonds. The Hall–Kier alpha value is -4.12. The van der Waals surface area contributed by atoms with E-state index in [0.717, 1.165) is 16.7 Å². The van der Waals surface area contributed by atoms with Gasteiger partial charge in [-0.25, -0.2) is 43.9 Å². The highest BCUT2D eigenvalue weighted by molar-refractivity contribution is 8.30. The fraction of sp³-hybridized carbons (Fsp3) is 0.318. The number of halogens is 10. The molecule has 0 heterocycles. The van der Waals surface area contributed by atoms with Crippen LogP contribution in [-0.4, -0.2) is 83.8 Å². The van der Waals surface area contributed by atoms with Crippen LogP contribution in [-0.2, 0) is 29.8 Å². The maximum Gasteiger partial charge on any atom is 0.660 e. The van der Waals surface area contributed by atoms with Gasteiger partial charge in [0.25, 0.3) is 0 Å². The topological polar surface area (TPSA) is 109 Å². The largest absolute Gasteiger partial charge is 0.660 e. The maximum absolute atomic E-state index is 15.3. The Labute approximate surface area is 366 Å². The zero-order valence-electron chi connectivity index (χ0n) is 34.0. The molecule has 5 rings (SSSR count). The summed E-state index contributed by atoms with van der Waals surface area (Å²) >= 11 is 0. The first-order valence-corrected chi connectivity index (χ1v) is 23.9. The minimum atomic E-state index is -3.56. The number of aliphatic hydroxyl groups is 4. The molecule has 0 unspecified atom stereocenters. The first kappa shape index (κ1) is 50.9. The summed E-state index contributed by atoms with van der Waals surface area (Å²) in [7, 11) is -9.34. The first-order valence-electron chi connectivity index (χ1n) is 19.8. The molecule has 0 bridgehead atoms. The van der Waals surface area contributed by atoms with Crippen molar-refractivity contribution in [1.29, 1.82) is 0 Å². The molecule has 0 aliphatic carbocycles. The predicted octanol–water partition coefficient (Wildman–Crippen LogP) is 9.04. The highest BCUT2D eigenvalue weighted by atomic mass is 32.3. The van der Waals surface area contributed by atoms with Crippen molar-refractivity contribution < 1.29 is 77.2 Å². The van der Waals surface area contributed by atoms with Crippen molar-refractivity contribution in [3.63, 3.8) is 0 Å². The molecule has 5 aromatic carbocycles. The summed E-state index contributed by atoms with van der Waals surface area (Å²) in [4.78, 5) is 0. The van der Waals surface area contributed by atoms with Gasteiger partial charge in [0.15, 0.2) is 46.5 Å². The number of rotatable bonds is 24. The third-order valence-electron chi connectivity index (χ3n) is 10.6. The lowest BCUT2D eigenvalue weighted by Gasteiger charge is -2.45. The lowest BCUT2D eigenvalue weighted by Crippen LogP contribution is -2.37. The van der Waals surface area contributed by atoms with E-state index in [1.54, 1.807) is 0 Å². The molecule has 0 fully saturated rings. The molecule has 0 aromatic heterocycles. The van der Waals surface area contributed by atoms with Gasteiger partial charge in [-0.1, -0.05) is 91.0 Å². The monoisotopic (exact) mass is 950 g/mol. The molecule has 7 nitrogen and oxygen atoms in total. The zero-order valence-corrected chi connectivity index (χ0v) is 35.7. The molecule has 0 saturated carbocycles. The van der Waals surface area contributed by atoms with Crippen LogP contribution in [0, 0.1) is 58.2 Å². The Bertz CT molecular complexity index is 2050. The lowest BCUT2D eigenvalue weighted by atomic mass is 9.67. The van der Waals surface area contributed by atoms with E-state index in [1.165, 1.54) is 0 Å². The van der Waals surface area contributed by atoms with Gasteiger partial charge in [-0.15, -0.1) is 20.6 Å². The van der Waals surface area contributed by atoms with Gasteiger partial charge < -0.3 is 33.3 Å². The van der Waals surface area contributed by atoms with Crippen molar-refractivity contribution in [3.05, 3.63) is 177 Å². The van der Waals surface area contributed by atoms with Crippen LogP contribution in [0.3, 0.4) is 0 Å². The van der Waals surface area contributed by atoms with Gasteiger partial charge in [0.05, 0.1) is 26.4 Å².